The molecule has 0 saturated heterocycles. The minimum Gasteiger partial charge on any atom is -0.493 e. The van der Waals surface area contributed by atoms with Gasteiger partial charge in [0.05, 0.1) is 13.0 Å². The number of carbonyl (C=O) groups is 1. The lowest BCUT2D eigenvalue weighted by Crippen LogP contribution is -2.38. The number of benzene rings is 2. The summed E-state index contributed by atoms with van der Waals surface area (Å²) in [6.45, 7) is 1.72. The van der Waals surface area contributed by atoms with Gasteiger partial charge in [-0.15, -0.1) is 0 Å². The second-order valence-corrected chi connectivity index (χ2v) is 6.52. The maximum Gasteiger partial charge on any atom is 0.226 e. The van der Waals surface area contributed by atoms with Crippen LogP contribution in [0.15, 0.2) is 54.7 Å². The summed E-state index contributed by atoms with van der Waals surface area (Å²) >= 11 is 0. The van der Waals surface area contributed by atoms with Crippen LogP contribution in [0.2, 0.25) is 0 Å². The molecule has 5 nitrogen and oxygen atoms in total. The largest absolute Gasteiger partial charge is 0.493 e. The number of fused-ring (bicyclic) bond motifs is 2. The Morgan fingerprint density at radius 3 is 3.00 bits per heavy atom. The van der Waals surface area contributed by atoms with Gasteiger partial charge >= 0.3 is 0 Å². The van der Waals surface area contributed by atoms with Crippen LogP contribution >= 0.6 is 0 Å². The lowest BCUT2D eigenvalue weighted by molar-refractivity contribution is -0.126. The summed E-state index contributed by atoms with van der Waals surface area (Å²) in [5.74, 6) is 1.35. The van der Waals surface area contributed by atoms with Crippen LogP contribution in [0, 0.1) is 5.92 Å². The average molecular weight is 350 g/mol. The van der Waals surface area contributed by atoms with Gasteiger partial charge in [0.25, 0.3) is 0 Å². The third-order valence-electron chi connectivity index (χ3n) is 4.88. The molecule has 1 atom stereocenters. The molecule has 1 amide bonds. The highest BCUT2D eigenvalue weighted by Crippen LogP contribution is 2.36. The van der Waals surface area contributed by atoms with Gasteiger partial charge in [0.15, 0.2) is 11.5 Å². The van der Waals surface area contributed by atoms with Gasteiger partial charge in [0.2, 0.25) is 5.91 Å². The number of rotatable bonds is 5. The molecule has 0 spiro atoms. The highest BCUT2D eigenvalue weighted by atomic mass is 16.5. The van der Waals surface area contributed by atoms with Crippen molar-refractivity contribution in [2.75, 3.05) is 20.3 Å². The number of nitrogens with one attached hydrogen (secondary N) is 1. The quantitative estimate of drug-likeness (QED) is 0.770. The topological polar surface area (TPSA) is 52.5 Å². The Kier molecular flexibility index (Phi) is 4.52. The van der Waals surface area contributed by atoms with Crippen molar-refractivity contribution < 1.29 is 14.3 Å². The van der Waals surface area contributed by atoms with E-state index in [1.807, 2.05) is 30.3 Å². The molecule has 1 N–H and O–H groups in total. The number of methoxy groups -OCH3 is 1. The summed E-state index contributed by atoms with van der Waals surface area (Å²) in [7, 11) is 1.63. The van der Waals surface area contributed by atoms with Crippen molar-refractivity contribution in [1.29, 1.82) is 0 Å². The minimum atomic E-state index is -0.170. The van der Waals surface area contributed by atoms with Gasteiger partial charge in [-0.25, -0.2) is 0 Å². The van der Waals surface area contributed by atoms with Crippen molar-refractivity contribution in [3.05, 3.63) is 60.3 Å². The summed E-state index contributed by atoms with van der Waals surface area (Å²) in [4.78, 5) is 12.5. The standard InChI is InChI=1S/C21H22N2O3/c1-25-19-8-4-6-16-13-17(14-26-20(16)19)21(24)22-10-12-23-11-9-15-5-2-3-7-18(15)23/h2-9,11,17H,10,12-14H2,1H3,(H,22,24)/t17-/m0/s1. The Bertz CT molecular complexity index is 932. The first kappa shape index (κ1) is 16.5. The lowest BCUT2D eigenvalue weighted by Gasteiger charge is -2.25. The molecule has 0 aliphatic carbocycles. The van der Waals surface area contributed by atoms with Crippen molar-refractivity contribution in [2.45, 2.75) is 13.0 Å². The monoisotopic (exact) mass is 350 g/mol. The molecule has 134 valence electrons. The molecular formula is C21H22N2O3. The van der Waals surface area contributed by atoms with E-state index in [0.29, 0.717) is 19.6 Å². The zero-order chi connectivity index (χ0) is 17.9. The van der Waals surface area contributed by atoms with Gasteiger partial charge in [0.1, 0.15) is 6.61 Å². The first-order valence-electron chi connectivity index (χ1n) is 8.86. The van der Waals surface area contributed by atoms with E-state index in [4.69, 9.17) is 9.47 Å². The second-order valence-electron chi connectivity index (χ2n) is 6.52. The fourth-order valence-electron chi connectivity index (χ4n) is 3.50. The first-order valence-corrected chi connectivity index (χ1v) is 8.86. The van der Waals surface area contributed by atoms with Crippen molar-refractivity contribution in [3.8, 4) is 11.5 Å². The van der Waals surface area contributed by atoms with E-state index in [-0.39, 0.29) is 11.8 Å². The molecule has 0 unspecified atom stereocenters. The summed E-state index contributed by atoms with van der Waals surface area (Å²) in [6, 6.07) is 16.1. The molecule has 1 aliphatic heterocycles. The van der Waals surface area contributed by atoms with Crippen LogP contribution in [0.25, 0.3) is 10.9 Å². The number of carbonyl (C=O) groups excluding carboxylic acids is 1. The van der Waals surface area contributed by atoms with Gasteiger partial charge < -0.3 is 19.4 Å². The highest BCUT2D eigenvalue weighted by molar-refractivity contribution is 5.80. The van der Waals surface area contributed by atoms with E-state index in [1.54, 1.807) is 7.11 Å². The van der Waals surface area contributed by atoms with Crippen molar-refractivity contribution in [3.63, 3.8) is 0 Å². The van der Waals surface area contributed by atoms with Crippen molar-refractivity contribution >= 4 is 16.8 Å². The zero-order valence-corrected chi connectivity index (χ0v) is 14.8. The molecule has 2 heterocycles. The van der Waals surface area contributed by atoms with Crippen LogP contribution in [0.5, 0.6) is 11.5 Å². The Hall–Kier alpha value is -2.95. The van der Waals surface area contributed by atoms with Gasteiger partial charge in [-0.3, -0.25) is 4.79 Å². The minimum absolute atomic E-state index is 0.0370. The van der Waals surface area contributed by atoms with Gasteiger partial charge in [0, 0.05) is 24.8 Å². The molecule has 0 saturated carbocycles. The van der Waals surface area contributed by atoms with Gasteiger partial charge in [-0.1, -0.05) is 30.3 Å². The van der Waals surface area contributed by atoms with Gasteiger partial charge in [-0.05, 0) is 35.6 Å². The first-order chi connectivity index (χ1) is 12.8. The van der Waals surface area contributed by atoms with E-state index < -0.39 is 0 Å². The molecule has 1 aromatic heterocycles. The Balaban J connectivity index is 1.35. The van der Waals surface area contributed by atoms with Crippen LogP contribution in [0.3, 0.4) is 0 Å². The maximum absolute atomic E-state index is 12.5. The van der Waals surface area contributed by atoms with E-state index in [0.717, 1.165) is 23.6 Å². The Morgan fingerprint density at radius 1 is 1.23 bits per heavy atom. The molecule has 5 heteroatoms. The zero-order valence-electron chi connectivity index (χ0n) is 14.8. The Morgan fingerprint density at radius 2 is 2.12 bits per heavy atom. The summed E-state index contributed by atoms with van der Waals surface area (Å²) in [5, 5.41) is 4.26. The predicted octanol–water partition coefficient (Wildman–Crippen LogP) is 3.02. The molecule has 1 aliphatic rings. The van der Waals surface area contributed by atoms with Crippen LogP contribution in [0.1, 0.15) is 5.56 Å². The highest BCUT2D eigenvalue weighted by Gasteiger charge is 2.27. The molecule has 0 bridgehead atoms. The van der Waals surface area contributed by atoms with Crippen LogP contribution < -0.4 is 14.8 Å². The fraction of sp³-hybridized carbons (Fsp3) is 0.286. The normalized spacial score (nSPS) is 16.0. The number of hydrogen-bond donors (Lipinski definition) is 1. The lowest BCUT2D eigenvalue weighted by atomic mass is 9.95. The second kappa shape index (κ2) is 7.12. The summed E-state index contributed by atoms with van der Waals surface area (Å²) < 4.78 is 13.3. The molecule has 26 heavy (non-hydrogen) atoms. The van der Waals surface area contributed by atoms with Crippen molar-refractivity contribution in [2.24, 2.45) is 5.92 Å². The van der Waals surface area contributed by atoms with Crippen LogP contribution in [0.4, 0.5) is 0 Å². The van der Waals surface area contributed by atoms with E-state index >= 15 is 0 Å². The number of ether oxygens (including phenoxy) is 2. The molecule has 4 rings (SSSR count). The van der Waals surface area contributed by atoms with E-state index in [1.165, 1.54) is 10.9 Å². The predicted molar refractivity (Wildman–Crippen MR) is 101 cm³/mol. The Labute approximate surface area is 152 Å². The third kappa shape index (κ3) is 3.12. The fourth-order valence-corrected chi connectivity index (χ4v) is 3.50. The van der Waals surface area contributed by atoms with E-state index in [9.17, 15) is 4.79 Å². The average Bonchev–Trinajstić information content (AvgIpc) is 3.10. The molecule has 0 radical (unpaired) electrons. The summed E-state index contributed by atoms with van der Waals surface area (Å²) in [5.41, 5.74) is 2.20. The summed E-state index contributed by atoms with van der Waals surface area (Å²) in [6.07, 6.45) is 2.73. The smallest absolute Gasteiger partial charge is 0.226 e. The third-order valence-corrected chi connectivity index (χ3v) is 4.88. The SMILES string of the molecule is COc1cccc2c1OC[C@@H](C(=O)NCCn1ccc3ccccc31)C2. The van der Waals surface area contributed by atoms with Crippen LogP contribution in [-0.2, 0) is 17.8 Å². The number of hydrogen-bond acceptors (Lipinski definition) is 3. The number of nitrogens with zero attached hydrogens (tertiary/aromatic N) is 1. The number of amides is 1. The maximum atomic E-state index is 12.5. The number of aromatic nitrogens is 1. The van der Waals surface area contributed by atoms with E-state index in [2.05, 4.69) is 34.3 Å². The molecular weight excluding hydrogens is 328 g/mol. The molecule has 0 fully saturated rings. The van der Waals surface area contributed by atoms with Crippen LogP contribution in [-0.4, -0.2) is 30.7 Å². The number of para-hydroxylation sites is 2. The molecule has 2 aromatic carbocycles. The van der Waals surface area contributed by atoms with Crippen molar-refractivity contribution in [1.82, 2.24) is 9.88 Å². The van der Waals surface area contributed by atoms with Gasteiger partial charge in [-0.2, -0.15) is 0 Å². The molecule has 3 aromatic rings.